The number of quaternary nitrogens is 2. The van der Waals surface area contributed by atoms with Gasteiger partial charge in [-0.1, -0.05) is 30.3 Å². The van der Waals surface area contributed by atoms with E-state index in [-0.39, 0.29) is 12.7 Å². The Labute approximate surface area is 159 Å². The van der Waals surface area contributed by atoms with Crippen molar-refractivity contribution in [2.24, 2.45) is 0 Å². The van der Waals surface area contributed by atoms with Crippen molar-refractivity contribution in [3.05, 3.63) is 54.1 Å². The molecule has 2 aromatic carbocycles. The monoisotopic (exact) mass is 369 g/mol. The van der Waals surface area contributed by atoms with Crippen LogP contribution in [0.15, 0.2) is 48.5 Å². The van der Waals surface area contributed by atoms with E-state index >= 15 is 0 Å². The van der Waals surface area contributed by atoms with Crippen LogP contribution in [-0.4, -0.2) is 45.4 Å². The summed E-state index contributed by atoms with van der Waals surface area (Å²) in [6, 6.07) is 16.2. The molecule has 0 unspecified atom stereocenters. The maximum atomic E-state index is 12.3. The van der Waals surface area contributed by atoms with Crippen LogP contribution in [0.25, 0.3) is 0 Å². The van der Waals surface area contributed by atoms with E-state index < -0.39 is 0 Å². The molecular formula is C21H27N3O3+2. The molecule has 2 aliphatic heterocycles. The van der Waals surface area contributed by atoms with Crippen molar-refractivity contribution in [3.63, 3.8) is 0 Å². The van der Waals surface area contributed by atoms with Crippen LogP contribution in [0.2, 0.25) is 0 Å². The number of carbonyl (C=O) groups is 1. The second kappa shape index (κ2) is 8.41. The van der Waals surface area contributed by atoms with Crippen LogP contribution < -0.4 is 24.6 Å². The summed E-state index contributed by atoms with van der Waals surface area (Å²) in [5, 5.41) is 2.96. The quantitative estimate of drug-likeness (QED) is 0.657. The molecule has 2 aromatic rings. The zero-order valence-electron chi connectivity index (χ0n) is 15.5. The maximum absolute atomic E-state index is 12.3. The van der Waals surface area contributed by atoms with Gasteiger partial charge in [-0.2, -0.15) is 0 Å². The molecular weight excluding hydrogens is 342 g/mol. The number of amides is 1. The fourth-order valence-electron chi connectivity index (χ4n) is 3.76. The average Bonchev–Trinajstić information content (AvgIpc) is 3.16. The van der Waals surface area contributed by atoms with Crippen molar-refractivity contribution in [2.45, 2.75) is 13.0 Å². The van der Waals surface area contributed by atoms with E-state index in [4.69, 9.17) is 9.47 Å². The standard InChI is InChI=1S/C21H25N3O3/c25-21(22-18-6-7-19-20(14-18)27-16-26-19)8-9-23-10-12-24(13-11-23)15-17-4-2-1-3-5-17/h1-7,14H,8-13,15-16H2,(H,22,25)/p+2. The van der Waals surface area contributed by atoms with Crippen LogP contribution in [0.1, 0.15) is 12.0 Å². The summed E-state index contributed by atoms with van der Waals surface area (Å²) >= 11 is 0. The zero-order valence-corrected chi connectivity index (χ0v) is 15.5. The van der Waals surface area contributed by atoms with E-state index in [1.807, 2.05) is 18.2 Å². The molecule has 27 heavy (non-hydrogen) atoms. The molecule has 0 bridgehead atoms. The van der Waals surface area contributed by atoms with E-state index in [0.717, 1.165) is 50.7 Å². The van der Waals surface area contributed by atoms with Crippen molar-refractivity contribution in [1.29, 1.82) is 0 Å². The number of rotatable bonds is 6. The highest BCUT2D eigenvalue weighted by atomic mass is 16.7. The van der Waals surface area contributed by atoms with Gasteiger partial charge in [0.05, 0.1) is 13.0 Å². The number of benzene rings is 2. The summed E-state index contributed by atoms with van der Waals surface area (Å²) < 4.78 is 10.6. The lowest BCUT2D eigenvalue weighted by molar-refractivity contribution is -1.02. The number of piperazine rings is 1. The Balaban J connectivity index is 1.18. The molecule has 3 N–H and O–H groups in total. The second-order valence-electron chi connectivity index (χ2n) is 7.28. The second-order valence-corrected chi connectivity index (χ2v) is 7.28. The minimum atomic E-state index is 0.0560. The van der Waals surface area contributed by atoms with Gasteiger partial charge >= 0.3 is 0 Å². The Morgan fingerprint density at radius 3 is 2.48 bits per heavy atom. The van der Waals surface area contributed by atoms with E-state index in [2.05, 4.69) is 35.6 Å². The summed E-state index contributed by atoms with van der Waals surface area (Å²) in [5.41, 5.74) is 2.16. The smallest absolute Gasteiger partial charge is 0.231 e. The molecule has 0 saturated carbocycles. The van der Waals surface area contributed by atoms with Crippen molar-refractivity contribution < 1.29 is 24.1 Å². The van der Waals surface area contributed by atoms with Gasteiger partial charge in [0.25, 0.3) is 0 Å². The number of fused-ring (bicyclic) bond motifs is 1. The lowest BCUT2D eigenvalue weighted by atomic mass is 10.2. The van der Waals surface area contributed by atoms with Crippen molar-refractivity contribution in [1.82, 2.24) is 0 Å². The van der Waals surface area contributed by atoms with Crippen LogP contribution in [0.4, 0.5) is 5.69 Å². The average molecular weight is 369 g/mol. The van der Waals surface area contributed by atoms with Gasteiger partial charge in [-0.15, -0.1) is 0 Å². The summed E-state index contributed by atoms with van der Waals surface area (Å²) in [4.78, 5) is 15.4. The predicted molar refractivity (Wildman–Crippen MR) is 102 cm³/mol. The molecule has 2 aliphatic rings. The number of carbonyl (C=O) groups excluding carboxylic acids is 1. The summed E-state index contributed by atoms with van der Waals surface area (Å²) in [5.74, 6) is 1.48. The third kappa shape index (κ3) is 4.78. The Bertz CT molecular complexity index is 773. The normalized spacial score (nSPS) is 21.0. The van der Waals surface area contributed by atoms with Crippen LogP contribution in [-0.2, 0) is 11.3 Å². The number of ether oxygens (including phenoxy) is 2. The molecule has 142 valence electrons. The molecule has 1 saturated heterocycles. The fourth-order valence-corrected chi connectivity index (χ4v) is 3.76. The highest BCUT2D eigenvalue weighted by Gasteiger charge is 2.23. The molecule has 0 spiro atoms. The Morgan fingerprint density at radius 1 is 0.926 bits per heavy atom. The Kier molecular flexibility index (Phi) is 5.55. The first-order valence-corrected chi connectivity index (χ1v) is 9.67. The highest BCUT2D eigenvalue weighted by Crippen LogP contribution is 2.34. The summed E-state index contributed by atoms with van der Waals surface area (Å²) in [6.07, 6.45) is 0.539. The van der Waals surface area contributed by atoms with E-state index in [1.165, 1.54) is 10.5 Å². The van der Waals surface area contributed by atoms with Gasteiger partial charge in [-0.25, -0.2) is 0 Å². The number of hydrogen-bond acceptors (Lipinski definition) is 3. The largest absolute Gasteiger partial charge is 0.454 e. The highest BCUT2D eigenvalue weighted by molar-refractivity contribution is 5.91. The predicted octanol–water partition coefficient (Wildman–Crippen LogP) is -0.272. The van der Waals surface area contributed by atoms with E-state index in [0.29, 0.717) is 12.2 Å². The summed E-state index contributed by atoms with van der Waals surface area (Å²) in [6.45, 7) is 6.79. The van der Waals surface area contributed by atoms with Gasteiger partial charge in [0.15, 0.2) is 11.5 Å². The minimum Gasteiger partial charge on any atom is -0.454 e. The van der Waals surface area contributed by atoms with Crippen molar-refractivity contribution in [3.8, 4) is 11.5 Å². The lowest BCUT2D eigenvalue weighted by Crippen LogP contribution is -3.27. The van der Waals surface area contributed by atoms with Gasteiger partial charge in [0.1, 0.15) is 32.7 Å². The van der Waals surface area contributed by atoms with E-state index in [1.54, 1.807) is 4.90 Å². The first kappa shape index (κ1) is 17.8. The topological polar surface area (TPSA) is 56.4 Å². The van der Waals surface area contributed by atoms with Crippen LogP contribution in [0, 0.1) is 0 Å². The number of nitrogens with one attached hydrogen (secondary N) is 3. The lowest BCUT2D eigenvalue weighted by Gasteiger charge is -2.29. The van der Waals surface area contributed by atoms with Crippen LogP contribution in [0.5, 0.6) is 11.5 Å². The van der Waals surface area contributed by atoms with Crippen LogP contribution in [0.3, 0.4) is 0 Å². The van der Waals surface area contributed by atoms with Crippen LogP contribution >= 0.6 is 0 Å². The SMILES string of the molecule is O=C(CC[NH+]1CC[NH+](Cc2ccccc2)CC1)Nc1ccc2c(c1)OCO2. The van der Waals surface area contributed by atoms with Crippen molar-refractivity contribution >= 4 is 11.6 Å². The first-order valence-electron chi connectivity index (χ1n) is 9.67. The molecule has 1 amide bonds. The zero-order chi connectivity index (χ0) is 18.5. The third-order valence-corrected chi connectivity index (χ3v) is 5.32. The van der Waals surface area contributed by atoms with E-state index in [9.17, 15) is 4.79 Å². The third-order valence-electron chi connectivity index (χ3n) is 5.32. The fraction of sp³-hybridized carbons (Fsp3) is 0.381. The molecule has 0 aliphatic carbocycles. The molecule has 0 atom stereocenters. The van der Waals surface area contributed by atoms with Gasteiger partial charge in [-0.05, 0) is 12.1 Å². The maximum Gasteiger partial charge on any atom is 0.231 e. The Morgan fingerprint density at radius 2 is 1.67 bits per heavy atom. The molecule has 6 heteroatoms. The number of anilines is 1. The van der Waals surface area contributed by atoms with Gasteiger partial charge in [-0.3, -0.25) is 4.79 Å². The number of hydrogen-bond donors (Lipinski definition) is 3. The molecule has 2 heterocycles. The van der Waals surface area contributed by atoms with Gasteiger partial charge in [0.2, 0.25) is 12.7 Å². The molecule has 6 nitrogen and oxygen atoms in total. The Hall–Kier alpha value is -2.57. The molecule has 0 radical (unpaired) electrons. The molecule has 1 fully saturated rings. The molecule has 0 aromatic heterocycles. The van der Waals surface area contributed by atoms with Crippen molar-refractivity contribution in [2.75, 3.05) is 44.8 Å². The summed E-state index contributed by atoms with van der Waals surface area (Å²) in [7, 11) is 0. The molecule has 4 rings (SSSR count). The van der Waals surface area contributed by atoms with Gasteiger partial charge in [0, 0.05) is 17.3 Å². The first-order chi connectivity index (χ1) is 13.3. The minimum absolute atomic E-state index is 0.0560. The van der Waals surface area contributed by atoms with Gasteiger partial charge < -0.3 is 24.6 Å².